The number of hydrogen-bond acceptors (Lipinski definition) is 5. The molecule has 0 bridgehead atoms. The van der Waals surface area contributed by atoms with Crippen LogP contribution in [0.5, 0.6) is 5.75 Å². The first-order chi connectivity index (χ1) is 20.8. The fourth-order valence-corrected chi connectivity index (χ4v) is 4.88. The Morgan fingerprint density at radius 3 is 2.23 bits per heavy atom. The van der Waals surface area contributed by atoms with Gasteiger partial charge in [-0.05, 0) is 85.0 Å². The summed E-state index contributed by atoms with van der Waals surface area (Å²) in [7, 11) is 0. The van der Waals surface area contributed by atoms with E-state index in [0.717, 1.165) is 41.9 Å². The van der Waals surface area contributed by atoms with Crippen LogP contribution in [0.15, 0.2) is 71.3 Å². The first-order valence-corrected chi connectivity index (χ1v) is 13.4. The van der Waals surface area contributed by atoms with Gasteiger partial charge in [-0.25, -0.2) is 14.1 Å². The predicted molar refractivity (Wildman–Crippen MR) is 144 cm³/mol. The van der Waals surface area contributed by atoms with Crippen LogP contribution >= 0.6 is 0 Å². The minimum Gasteiger partial charge on any atom is -0.440 e. The van der Waals surface area contributed by atoms with Crippen molar-refractivity contribution in [2.24, 2.45) is 0 Å². The van der Waals surface area contributed by atoms with Gasteiger partial charge in [0, 0.05) is 28.8 Å². The summed E-state index contributed by atoms with van der Waals surface area (Å²) in [6.07, 6.45) is -6.85. The number of nitrogens with zero attached hydrogens (tertiary/aromatic N) is 3. The molecular formula is C31H22F7N3O3. The molecule has 228 valence electrons. The monoisotopic (exact) mass is 617 g/mol. The Morgan fingerprint density at radius 1 is 0.932 bits per heavy atom. The molecule has 1 aliphatic carbocycles. The van der Waals surface area contributed by atoms with Gasteiger partial charge in [-0.1, -0.05) is 12.1 Å². The molecule has 1 fully saturated rings. The number of hydrogen-bond donors (Lipinski definition) is 1. The number of rotatable bonds is 7. The molecule has 0 unspecified atom stereocenters. The first-order valence-electron chi connectivity index (χ1n) is 13.4. The van der Waals surface area contributed by atoms with Gasteiger partial charge >= 0.3 is 12.5 Å². The molecule has 44 heavy (non-hydrogen) atoms. The van der Waals surface area contributed by atoms with Crippen LogP contribution in [-0.4, -0.2) is 26.2 Å². The van der Waals surface area contributed by atoms with E-state index in [1.165, 1.54) is 24.3 Å². The van der Waals surface area contributed by atoms with Crippen LogP contribution in [0.2, 0.25) is 0 Å². The average Bonchev–Trinajstić information content (AvgIpc) is 3.50. The fourth-order valence-electron chi connectivity index (χ4n) is 4.88. The summed E-state index contributed by atoms with van der Waals surface area (Å²) in [4.78, 5) is 4.69. The lowest BCUT2D eigenvalue weighted by Gasteiger charge is -2.14. The maximum Gasteiger partial charge on any atom is 0.573 e. The zero-order valence-corrected chi connectivity index (χ0v) is 22.8. The van der Waals surface area contributed by atoms with Crippen LogP contribution in [0.1, 0.15) is 41.5 Å². The molecule has 6 rings (SSSR count). The van der Waals surface area contributed by atoms with Crippen LogP contribution in [0.25, 0.3) is 39.4 Å². The highest BCUT2D eigenvalue weighted by molar-refractivity contribution is 5.85. The third-order valence-electron chi connectivity index (χ3n) is 7.21. The summed E-state index contributed by atoms with van der Waals surface area (Å²) in [5.41, 5.74) is 1.45. The quantitative estimate of drug-likeness (QED) is 0.185. The Bertz CT molecular complexity index is 1810. The lowest BCUT2D eigenvalue weighted by molar-refractivity contribution is -0.274. The van der Waals surface area contributed by atoms with E-state index in [2.05, 4.69) is 9.84 Å². The van der Waals surface area contributed by atoms with Gasteiger partial charge in [0.05, 0.1) is 12.3 Å². The Kier molecular flexibility index (Phi) is 7.23. The molecule has 0 aliphatic heterocycles. The van der Waals surface area contributed by atoms with E-state index in [1.807, 2.05) is 0 Å². The highest BCUT2D eigenvalue weighted by Crippen LogP contribution is 2.45. The number of halogens is 7. The van der Waals surface area contributed by atoms with Gasteiger partial charge in [0.1, 0.15) is 17.3 Å². The molecule has 0 amide bonds. The van der Waals surface area contributed by atoms with Crippen LogP contribution in [-0.2, 0) is 12.8 Å². The highest BCUT2D eigenvalue weighted by atomic mass is 19.4. The highest BCUT2D eigenvalue weighted by Gasteiger charge is 2.35. The molecule has 1 saturated carbocycles. The van der Waals surface area contributed by atoms with E-state index in [0.29, 0.717) is 28.1 Å². The Labute approximate surface area is 245 Å². The number of alkyl halides is 6. The minimum absolute atomic E-state index is 0.00581. The van der Waals surface area contributed by atoms with E-state index in [-0.39, 0.29) is 34.2 Å². The summed E-state index contributed by atoms with van der Waals surface area (Å²) in [6.45, 7) is 1.14. The normalized spacial score (nSPS) is 13.8. The second-order valence-electron chi connectivity index (χ2n) is 10.4. The maximum absolute atomic E-state index is 14.8. The van der Waals surface area contributed by atoms with Crippen molar-refractivity contribution in [2.75, 3.05) is 0 Å². The van der Waals surface area contributed by atoms with Gasteiger partial charge in [-0.3, -0.25) is 0 Å². The largest absolute Gasteiger partial charge is 0.573 e. The predicted octanol–water partition coefficient (Wildman–Crippen LogP) is 8.60. The maximum atomic E-state index is 14.8. The number of aliphatic hydroxyl groups is 1. The zero-order valence-electron chi connectivity index (χ0n) is 22.8. The lowest BCUT2D eigenvalue weighted by atomic mass is 9.95. The van der Waals surface area contributed by atoms with E-state index >= 15 is 0 Å². The summed E-state index contributed by atoms with van der Waals surface area (Å²) in [5, 5.41) is 13.2. The van der Waals surface area contributed by atoms with E-state index < -0.39 is 36.4 Å². The van der Waals surface area contributed by atoms with Crippen molar-refractivity contribution in [3.8, 4) is 45.1 Å². The first kappa shape index (κ1) is 29.4. The molecular weight excluding hydrogens is 595 g/mol. The van der Waals surface area contributed by atoms with Crippen molar-refractivity contribution in [1.82, 2.24) is 14.8 Å². The van der Waals surface area contributed by atoms with Crippen molar-refractivity contribution in [3.05, 3.63) is 95.4 Å². The number of aromatic nitrogens is 3. The fraction of sp³-hybridized carbons (Fsp3) is 0.226. The Balaban J connectivity index is 1.54. The molecule has 1 N–H and O–H groups in total. The van der Waals surface area contributed by atoms with Gasteiger partial charge in [0.15, 0.2) is 17.3 Å². The summed E-state index contributed by atoms with van der Waals surface area (Å²) < 4.78 is 104. The van der Waals surface area contributed by atoms with Crippen molar-refractivity contribution in [3.63, 3.8) is 0 Å². The smallest absolute Gasteiger partial charge is 0.440 e. The van der Waals surface area contributed by atoms with Crippen LogP contribution in [0, 0.1) is 12.7 Å². The van der Waals surface area contributed by atoms with Crippen molar-refractivity contribution >= 4 is 0 Å². The molecule has 6 nitrogen and oxygen atoms in total. The van der Waals surface area contributed by atoms with E-state index in [4.69, 9.17) is 9.40 Å². The van der Waals surface area contributed by atoms with Crippen molar-refractivity contribution in [2.45, 2.75) is 44.8 Å². The Hall–Kier alpha value is -4.65. The summed E-state index contributed by atoms with van der Waals surface area (Å²) in [5.74, 6) is -0.536. The molecule has 0 saturated heterocycles. The number of aryl methyl sites for hydroxylation is 1. The zero-order chi connectivity index (χ0) is 31.4. The average molecular weight is 618 g/mol. The van der Waals surface area contributed by atoms with Gasteiger partial charge in [0.25, 0.3) is 0 Å². The SMILES string of the molecule is Cc1cc(-c2ccc(-n3ccc(C(F)(F)F)n3)c(-c3nc(C4CC4)oc3-c3ccc(OC(F)(F)F)cc3)c2)cc(F)c1CO. The van der Waals surface area contributed by atoms with E-state index in [1.54, 1.807) is 25.1 Å². The molecule has 0 atom stereocenters. The number of ether oxygens (including phenoxy) is 1. The Morgan fingerprint density at radius 2 is 1.64 bits per heavy atom. The summed E-state index contributed by atoms with van der Waals surface area (Å²) >= 11 is 0. The van der Waals surface area contributed by atoms with Crippen LogP contribution in [0.3, 0.4) is 0 Å². The molecule has 5 aromatic rings. The van der Waals surface area contributed by atoms with Crippen molar-refractivity contribution in [1.29, 1.82) is 0 Å². The molecule has 2 aromatic heterocycles. The number of oxazole rings is 1. The van der Waals surface area contributed by atoms with Gasteiger partial charge in [-0.2, -0.15) is 18.3 Å². The molecule has 2 heterocycles. The molecule has 0 spiro atoms. The minimum atomic E-state index is -4.89. The molecule has 13 heteroatoms. The lowest BCUT2D eigenvalue weighted by Crippen LogP contribution is -2.16. The topological polar surface area (TPSA) is 73.3 Å². The van der Waals surface area contributed by atoms with Gasteiger partial charge < -0.3 is 14.3 Å². The number of benzene rings is 3. The second-order valence-corrected chi connectivity index (χ2v) is 10.4. The third-order valence-corrected chi connectivity index (χ3v) is 7.21. The van der Waals surface area contributed by atoms with Crippen molar-refractivity contribution < 1.29 is 45.0 Å². The van der Waals surface area contributed by atoms with E-state index in [9.17, 15) is 35.8 Å². The standard InChI is InChI=1S/C31H22F7N3O3/c1-16-12-20(14-24(32)23(16)15-42)19-6-9-25(41-11-10-26(40-41)30(33,34)35)22(13-19)27-28(43-29(39-27)18-2-3-18)17-4-7-21(8-5-17)44-31(36,37)38/h4-14,18,42H,2-3,15H2,1H3. The van der Waals surface area contributed by atoms with Gasteiger partial charge in [0.2, 0.25) is 0 Å². The molecule has 1 aliphatic rings. The molecule has 3 aromatic carbocycles. The summed E-state index contributed by atoms with van der Waals surface area (Å²) in [6, 6.07) is 13.4. The van der Waals surface area contributed by atoms with Crippen LogP contribution < -0.4 is 4.74 Å². The second kappa shape index (κ2) is 10.8. The van der Waals surface area contributed by atoms with Crippen LogP contribution in [0.4, 0.5) is 30.7 Å². The molecule has 0 radical (unpaired) electrons. The number of aliphatic hydroxyl groups excluding tert-OH is 1. The third kappa shape index (κ3) is 5.91. The van der Waals surface area contributed by atoms with Gasteiger partial charge in [-0.15, -0.1) is 13.2 Å².